The van der Waals surface area contributed by atoms with Crippen LogP contribution in [0.3, 0.4) is 0 Å². The first-order chi connectivity index (χ1) is 4.30. The number of hydrogen-bond acceptors (Lipinski definition) is 0. The number of halogens is 1. The molecule has 1 radical (unpaired) electrons. The highest BCUT2D eigenvalue weighted by atomic mass is 19.1. The summed E-state index contributed by atoms with van der Waals surface area (Å²) >= 11 is 0. The predicted octanol–water partition coefficient (Wildman–Crippen LogP) is 2.56. The number of rotatable bonds is 1. The van der Waals surface area contributed by atoms with Crippen LogP contribution in [0.25, 0.3) is 0 Å². The molecule has 0 spiro atoms. The Morgan fingerprint density at radius 1 is 1.22 bits per heavy atom. The van der Waals surface area contributed by atoms with Gasteiger partial charge in [0.1, 0.15) is 0 Å². The van der Waals surface area contributed by atoms with Crippen molar-refractivity contribution in [2.45, 2.75) is 6.92 Å². The zero-order valence-electron chi connectivity index (χ0n) is 5.26. The fourth-order valence-corrected chi connectivity index (χ4v) is 0.668. The first-order valence-corrected chi connectivity index (χ1v) is 2.85. The summed E-state index contributed by atoms with van der Waals surface area (Å²) in [4.78, 5) is 0. The van der Waals surface area contributed by atoms with E-state index in [1.54, 1.807) is 12.1 Å². The van der Waals surface area contributed by atoms with Crippen LogP contribution in [-0.2, 0) is 0 Å². The topological polar surface area (TPSA) is 0 Å². The largest absolute Gasteiger partial charge is 0.235 e. The van der Waals surface area contributed by atoms with Gasteiger partial charge in [0.25, 0.3) is 0 Å². The van der Waals surface area contributed by atoms with Crippen molar-refractivity contribution in [2.24, 2.45) is 0 Å². The fourth-order valence-electron chi connectivity index (χ4n) is 0.668. The van der Waals surface area contributed by atoms with Crippen LogP contribution in [0.15, 0.2) is 30.3 Å². The van der Waals surface area contributed by atoms with Crippen LogP contribution in [0.1, 0.15) is 12.5 Å². The minimum Gasteiger partial charge on any atom is -0.235 e. The summed E-state index contributed by atoms with van der Waals surface area (Å²) in [6.45, 7) is 1.45. The molecule has 9 heavy (non-hydrogen) atoms. The highest BCUT2D eigenvalue weighted by Crippen LogP contribution is 2.12. The fraction of sp³-hybridized carbons (Fsp3) is 0.125. The summed E-state index contributed by atoms with van der Waals surface area (Å²) in [5.41, 5.74) is 0.664. The highest BCUT2D eigenvalue weighted by molar-refractivity contribution is 5.24. The third kappa shape index (κ3) is 1.53. The molecule has 0 aromatic heterocycles. The lowest BCUT2D eigenvalue weighted by Crippen LogP contribution is -1.82. The second kappa shape index (κ2) is 2.62. The second-order valence-corrected chi connectivity index (χ2v) is 1.90. The summed E-state index contributed by atoms with van der Waals surface area (Å²) in [6.07, 6.45) is -0.129. The Hall–Kier alpha value is -0.850. The molecule has 0 bridgehead atoms. The molecule has 0 amide bonds. The van der Waals surface area contributed by atoms with Crippen LogP contribution in [0.5, 0.6) is 0 Å². The van der Waals surface area contributed by atoms with Crippen molar-refractivity contribution in [3.05, 3.63) is 42.1 Å². The van der Waals surface area contributed by atoms with Crippen LogP contribution in [0.4, 0.5) is 4.39 Å². The van der Waals surface area contributed by atoms with E-state index in [-0.39, 0.29) is 6.17 Å². The van der Waals surface area contributed by atoms with Crippen LogP contribution in [0, 0.1) is 6.17 Å². The molecule has 0 aliphatic carbocycles. The zero-order chi connectivity index (χ0) is 6.69. The van der Waals surface area contributed by atoms with Crippen molar-refractivity contribution in [3.8, 4) is 0 Å². The van der Waals surface area contributed by atoms with E-state index in [1.807, 2.05) is 18.2 Å². The Morgan fingerprint density at radius 2 is 1.78 bits per heavy atom. The third-order valence-corrected chi connectivity index (χ3v) is 1.17. The number of hydrogen-bond donors (Lipinski definition) is 0. The van der Waals surface area contributed by atoms with Gasteiger partial charge in [0.15, 0.2) is 6.17 Å². The molecule has 1 aromatic carbocycles. The molecule has 0 atom stereocenters. The van der Waals surface area contributed by atoms with Crippen molar-refractivity contribution < 1.29 is 4.39 Å². The normalized spacial score (nSPS) is 10.1. The van der Waals surface area contributed by atoms with Crippen LogP contribution in [-0.4, -0.2) is 0 Å². The van der Waals surface area contributed by atoms with Crippen molar-refractivity contribution >= 4 is 0 Å². The molecular formula is C8H8F. The molecule has 1 rings (SSSR count). The summed E-state index contributed by atoms with van der Waals surface area (Å²) in [7, 11) is 0. The van der Waals surface area contributed by atoms with Gasteiger partial charge in [-0.15, -0.1) is 0 Å². The lowest BCUT2D eigenvalue weighted by molar-refractivity contribution is 0.546. The number of benzene rings is 1. The summed E-state index contributed by atoms with van der Waals surface area (Å²) in [6, 6.07) is 8.99. The van der Waals surface area contributed by atoms with E-state index in [2.05, 4.69) is 0 Å². The van der Waals surface area contributed by atoms with E-state index in [0.717, 1.165) is 0 Å². The average Bonchev–Trinajstić information content (AvgIpc) is 1.90. The lowest BCUT2D eigenvalue weighted by atomic mass is 10.1. The molecule has 0 nitrogen and oxygen atoms in total. The molecule has 0 heterocycles. The van der Waals surface area contributed by atoms with Crippen LogP contribution in [0.2, 0.25) is 0 Å². The molecule has 0 N–H and O–H groups in total. The average molecular weight is 123 g/mol. The molecule has 0 aliphatic heterocycles. The van der Waals surface area contributed by atoms with E-state index in [4.69, 9.17) is 0 Å². The van der Waals surface area contributed by atoms with E-state index in [9.17, 15) is 4.39 Å². The zero-order valence-corrected chi connectivity index (χ0v) is 5.26. The summed E-state index contributed by atoms with van der Waals surface area (Å²) in [5.74, 6) is 0. The Balaban J connectivity index is 2.85. The maximum atomic E-state index is 12.4. The van der Waals surface area contributed by atoms with Gasteiger partial charge in [0, 0.05) is 0 Å². The van der Waals surface area contributed by atoms with Crippen molar-refractivity contribution in [3.63, 3.8) is 0 Å². The van der Waals surface area contributed by atoms with Gasteiger partial charge in [-0.2, -0.15) is 0 Å². The van der Waals surface area contributed by atoms with Crippen LogP contribution >= 0.6 is 0 Å². The maximum absolute atomic E-state index is 12.4. The minimum absolute atomic E-state index is 0.129. The molecule has 0 unspecified atom stereocenters. The van der Waals surface area contributed by atoms with Gasteiger partial charge in [-0.05, 0) is 12.5 Å². The van der Waals surface area contributed by atoms with Crippen molar-refractivity contribution in [1.29, 1.82) is 0 Å². The highest BCUT2D eigenvalue weighted by Gasteiger charge is 1.99. The molecule has 47 valence electrons. The van der Waals surface area contributed by atoms with Gasteiger partial charge in [-0.1, -0.05) is 30.3 Å². The third-order valence-electron chi connectivity index (χ3n) is 1.17. The van der Waals surface area contributed by atoms with E-state index in [0.29, 0.717) is 5.56 Å². The monoisotopic (exact) mass is 123 g/mol. The smallest absolute Gasteiger partial charge is 0.170 e. The molecule has 0 saturated carbocycles. The molecule has 1 heteroatoms. The van der Waals surface area contributed by atoms with E-state index < -0.39 is 0 Å². The predicted molar refractivity (Wildman–Crippen MR) is 35.6 cm³/mol. The molecule has 0 fully saturated rings. The van der Waals surface area contributed by atoms with E-state index >= 15 is 0 Å². The Bertz CT molecular complexity index is 167. The molecule has 0 aliphatic rings. The van der Waals surface area contributed by atoms with Crippen molar-refractivity contribution in [2.75, 3.05) is 0 Å². The Labute approximate surface area is 54.3 Å². The molecular weight excluding hydrogens is 115 g/mol. The second-order valence-electron chi connectivity index (χ2n) is 1.90. The van der Waals surface area contributed by atoms with Gasteiger partial charge in [-0.25, -0.2) is 4.39 Å². The standard InChI is InChI=1S/C8H8F/c1-7(9)8-5-3-2-4-6-8/h2-6H,1H3. The van der Waals surface area contributed by atoms with E-state index in [1.165, 1.54) is 6.92 Å². The first kappa shape index (κ1) is 6.27. The van der Waals surface area contributed by atoms with Gasteiger partial charge in [-0.3, -0.25) is 0 Å². The quantitative estimate of drug-likeness (QED) is 0.538. The van der Waals surface area contributed by atoms with Crippen molar-refractivity contribution in [1.82, 2.24) is 0 Å². The Morgan fingerprint density at radius 3 is 2.11 bits per heavy atom. The first-order valence-electron chi connectivity index (χ1n) is 2.85. The maximum Gasteiger partial charge on any atom is 0.170 e. The molecule has 0 saturated heterocycles. The van der Waals surface area contributed by atoms with Gasteiger partial charge < -0.3 is 0 Å². The lowest BCUT2D eigenvalue weighted by Gasteiger charge is -1.96. The molecule has 1 aromatic rings. The SMILES string of the molecule is C[C](F)c1ccccc1. The Kier molecular flexibility index (Phi) is 1.83. The van der Waals surface area contributed by atoms with Gasteiger partial charge in [0.05, 0.1) is 0 Å². The van der Waals surface area contributed by atoms with Gasteiger partial charge >= 0.3 is 0 Å². The summed E-state index contributed by atoms with van der Waals surface area (Å²) in [5, 5.41) is 0. The minimum atomic E-state index is -0.129. The summed E-state index contributed by atoms with van der Waals surface area (Å²) < 4.78 is 12.4. The van der Waals surface area contributed by atoms with Crippen LogP contribution < -0.4 is 0 Å². The van der Waals surface area contributed by atoms with Gasteiger partial charge in [0.2, 0.25) is 0 Å².